The summed E-state index contributed by atoms with van der Waals surface area (Å²) >= 11 is 0. The van der Waals surface area contributed by atoms with Crippen LogP contribution in [-0.4, -0.2) is 62.7 Å². The van der Waals surface area contributed by atoms with E-state index in [9.17, 15) is 9.59 Å². The zero-order chi connectivity index (χ0) is 20.5. The topological polar surface area (TPSA) is 82.2 Å². The Morgan fingerprint density at radius 1 is 0.900 bits per heavy atom. The Morgan fingerprint density at radius 3 is 2.40 bits per heavy atom. The highest BCUT2D eigenvalue weighted by Crippen LogP contribution is 2.31. The van der Waals surface area contributed by atoms with Crippen molar-refractivity contribution in [3.63, 3.8) is 0 Å². The Bertz CT molecular complexity index is 878. The van der Waals surface area contributed by atoms with Crippen LogP contribution in [0.3, 0.4) is 0 Å². The number of aromatic amines is 1. The fourth-order valence-corrected chi connectivity index (χ4v) is 5.49. The molecular formula is C23H31N5O2. The molecule has 2 saturated heterocycles. The van der Waals surface area contributed by atoms with Crippen molar-refractivity contribution in [2.45, 2.75) is 57.3 Å². The van der Waals surface area contributed by atoms with E-state index >= 15 is 0 Å². The van der Waals surface area contributed by atoms with Gasteiger partial charge in [-0.1, -0.05) is 12.8 Å². The Hall–Kier alpha value is -2.44. The smallest absolute Gasteiger partial charge is 0.225 e. The van der Waals surface area contributed by atoms with E-state index in [1.165, 1.54) is 12.8 Å². The van der Waals surface area contributed by atoms with Crippen molar-refractivity contribution in [3.8, 4) is 0 Å². The van der Waals surface area contributed by atoms with Crippen LogP contribution < -0.4 is 0 Å². The number of carbonyl (C=O) groups excluding carboxylic acids is 2. The molecule has 2 amide bonds. The zero-order valence-corrected chi connectivity index (χ0v) is 17.6. The third kappa shape index (κ3) is 3.82. The molecule has 0 spiro atoms. The Morgan fingerprint density at radius 2 is 1.63 bits per heavy atom. The molecule has 3 fully saturated rings. The predicted octanol–water partition coefficient (Wildman–Crippen LogP) is 3.09. The molecule has 1 saturated carbocycles. The van der Waals surface area contributed by atoms with Crippen molar-refractivity contribution in [1.29, 1.82) is 0 Å². The maximum atomic E-state index is 13.2. The molecule has 30 heavy (non-hydrogen) atoms. The molecule has 3 aliphatic rings. The van der Waals surface area contributed by atoms with Gasteiger partial charge in [0.1, 0.15) is 5.82 Å². The van der Waals surface area contributed by atoms with Crippen molar-refractivity contribution in [2.24, 2.45) is 11.8 Å². The maximum absolute atomic E-state index is 13.2. The second-order valence-corrected chi connectivity index (χ2v) is 9.20. The molecule has 5 rings (SSSR count). The van der Waals surface area contributed by atoms with Gasteiger partial charge in [0.25, 0.3) is 0 Å². The summed E-state index contributed by atoms with van der Waals surface area (Å²) in [5.74, 6) is 2.06. The average molecular weight is 410 g/mol. The maximum Gasteiger partial charge on any atom is 0.225 e. The van der Waals surface area contributed by atoms with Crippen molar-refractivity contribution in [1.82, 2.24) is 24.8 Å². The van der Waals surface area contributed by atoms with Gasteiger partial charge in [0.2, 0.25) is 11.8 Å². The van der Waals surface area contributed by atoms with Crippen LogP contribution in [0.25, 0.3) is 11.2 Å². The van der Waals surface area contributed by atoms with E-state index in [1.54, 1.807) is 6.20 Å². The number of amides is 2. The van der Waals surface area contributed by atoms with Crippen LogP contribution in [0, 0.1) is 11.8 Å². The highest BCUT2D eigenvalue weighted by Gasteiger charge is 2.35. The molecule has 4 heterocycles. The van der Waals surface area contributed by atoms with Crippen molar-refractivity contribution < 1.29 is 9.59 Å². The van der Waals surface area contributed by atoms with E-state index < -0.39 is 0 Å². The second kappa shape index (κ2) is 8.36. The third-order valence-electron chi connectivity index (χ3n) is 7.26. The molecule has 2 aromatic rings. The van der Waals surface area contributed by atoms with Crippen molar-refractivity contribution in [2.75, 3.05) is 26.2 Å². The first kappa shape index (κ1) is 19.5. The number of nitrogens with one attached hydrogen (secondary N) is 1. The first-order valence-corrected chi connectivity index (χ1v) is 11.6. The number of pyridine rings is 1. The molecule has 1 unspecified atom stereocenters. The van der Waals surface area contributed by atoms with Crippen LogP contribution >= 0.6 is 0 Å². The average Bonchev–Trinajstić information content (AvgIpc) is 3.48. The van der Waals surface area contributed by atoms with Crippen LogP contribution in [0.15, 0.2) is 18.3 Å². The number of likely N-dealkylation sites (tertiary alicyclic amines) is 2. The lowest BCUT2D eigenvalue weighted by atomic mass is 9.91. The minimum atomic E-state index is 0.0497. The molecule has 160 valence electrons. The quantitative estimate of drug-likeness (QED) is 0.845. The summed E-state index contributed by atoms with van der Waals surface area (Å²) in [6.45, 7) is 3.02. The summed E-state index contributed by atoms with van der Waals surface area (Å²) in [5.41, 5.74) is 1.70. The molecule has 1 N–H and O–H groups in total. The van der Waals surface area contributed by atoms with Gasteiger partial charge in [-0.25, -0.2) is 9.97 Å². The number of carbonyl (C=O) groups is 2. The van der Waals surface area contributed by atoms with Gasteiger partial charge >= 0.3 is 0 Å². The van der Waals surface area contributed by atoms with Crippen LogP contribution in [-0.2, 0) is 9.59 Å². The van der Waals surface area contributed by atoms with Gasteiger partial charge in [0, 0.05) is 50.1 Å². The molecule has 2 aromatic heterocycles. The number of fused-ring (bicyclic) bond motifs is 1. The van der Waals surface area contributed by atoms with Crippen LogP contribution in [0.5, 0.6) is 0 Å². The van der Waals surface area contributed by atoms with Crippen LogP contribution in [0.2, 0.25) is 0 Å². The van der Waals surface area contributed by atoms with E-state index in [2.05, 4.69) is 15.0 Å². The van der Waals surface area contributed by atoms with Gasteiger partial charge in [0.15, 0.2) is 5.65 Å². The van der Waals surface area contributed by atoms with Crippen LogP contribution in [0.1, 0.15) is 63.1 Å². The van der Waals surface area contributed by atoms with Gasteiger partial charge in [0.05, 0.1) is 5.52 Å². The van der Waals surface area contributed by atoms with E-state index in [-0.39, 0.29) is 23.7 Å². The monoisotopic (exact) mass is 409 g/mol. The number of hydrogen-bond acceptors (Lipinski definition) is 4. The number of nitrogens with zero attached hydrogens (tertiary/aromatic N) is 4. The van der Waals surface area contributed by atoms with E-state index in [1.807, 2.05) is 21.9 Å². The fraction of sp³-hybridized carbons (Fsp3) is 0.652. The number of hydrogen-bond donors (Lipinski definition) is 1. The fourth-order valence-electron chi connectivity index (χ4n) is 5.49. The van der Waals surface area contributed by atoms with Crippen molar-refractivity contribution in [3.05, 3.63) is 24.2 Å². The number of H-pyrrole nitrogens is 1. The molecule has 7 heteroatoms. The second-order valence-electron chi connectivity index (χ2n) is 9.20. The summed E-state index contributed by atoms with van der Waals surface area (Å²) in [4.78, 5) is 42.3. The Balaban J connectivity index is 1.18. The van der Waals surface area contributed by atoms with Crippen LogP contribution in [0.4, 0.5) is 0 Å². The SMILES string of the molecule is O=C(C1CCCC1)N1CCC(C(=O)N2CCCC(c3nc4ncccc4[nH]3)C2)CC1. The summed E-state index contributed by atoms with van der Waals surface area (Å²) < 4.78 is 0. The highest BCUT2D eigenvalue weighted by molar-refractivity contribution is 5.81. The molecule has 1 atom stereocenters. The number of imidazole rings is 1. The normalized spacial score (nSPS) is 23.9. The summed E-state index contributed by atoms with van der Waals surface area (Å²) in [5, 5.41) is 0. The molecule has 0 bridgehead atoms. The molecule has 1 aliphatic carbocycles. The van der Waals surface area contributed by atoms with Gasteiger partial charge in [-0.3, -0.25) is 9.59 Å². The van der Waals surface area contributed by atoms with Gasteiger partial charge < -0.3 is 14.8 Å². The largest absolute Gasteiger partial charge is 0.342 e. The molecular weight excluding hydrogens is 378 g/mol. The standard InChI is InChI=1S/C23H31N5O2/c29-22(16-5-1-2-6-16)27-13-9-17(10-14-27)23(30)28-12-4-7-18(15-28)20-25-19-8-3-11-24-21(19)26-20/h3,8,11,16-18H,1-2,4-7,9-10,12-15H2,(H,24,25,26). The highest BCUT2D eigenvalue weighted by atomic mass is 16.2. The lowest BCUT2D eigenvalue weighted by molar-refractivity contribution is -0.143. The van der Waals surface area contributed by atoms with E-state index in [0.29, 0.717) is 5.91 Å². The minimum absolute atomic E-state index is 0.0497. The molecule has 7 nitrogen and oxygen atoms in total. The van der Waals surface area contributed by atoms with Crippen molar-refractivity contribution >= 4 is 23.0 Å². The van der Waals surface area contributed by atoms with Gasteiger partial charge in [-0.2, -0.15) is 0 Å². The number of piperidine rings is 2. The summed E-state index contributed by atoms with van der Waals surface area (Å²) in [6, 6.07) is 3.90. The van der Waals surface area contributed by atoms with E-state index in [4.69, 9.17) is 0 Å². The molecule has 0 radical (unpaired) electrons. The Kier molecular flexibility index (Phi) is 5.44. The zero-order valence-electron chi connectivity index (χ0n) is 17.6. The predicted molar refractivity (Wildman–Crippen MR) is 114 cm³/mol. The Labute approximate surface area is 177 Å². The van der Waals surface area contributed by atoms with E-state index in [0.717, 1.165) is 81.7 Å². The lowest BCUT2D eigenvalue weighted by Gasteiger charge is -2.38. The molecule has 2 aliphatic heterocycles. The lowest BCUT2D eigenvalue weighted by Crippen LogP contribution is -2.47. The minimum Gasteiger partial charge on any atom is -0.342 e. The van der Waals surface area contributed by atoms with Gasteiger partial charge in [-0.15, -0.1) is 0 Å². The molecule has 0 aromatic carbocycles. The van der Waals surface area contributed by atoms with Gasteiger partial charge in [-0.05, 0) is 50.7 Å². The number of aromatic nitrogens is 3. The first-order valence-electron chi connectivity index (χ1n) is 11.6. The third-order valence-corrected chi connectivity index (χ3v) is 7.26. The first-order chi connectivity index (χ1) is 14.7. The number of rotatable bonds is 3. The summed E-state index contributed by atoms with van der Waals surface area (Å²) in [6.07, 6.45) is 9.85. The summed E-state index contributed by atoms with van der Waals surface area (Å²) in [7, 11) is 0.